The van der Waals surface area contributed by atoms with Crippen molar-refractivity contribution in [2.45, 2.75) is 69.7 Å². The van der Waals surface area contributed by atoms with E-state index in [1.165, 1.54) is 6.33 Å². The van der Waals surface area contributed by atoms with Crippen molar-refractivity contribution in [3.63, 3.8) is 0 Å². The van der Waals surface area contributed by atoms with Crippen molar-refractivity contribution in [2.24, 2.45) is 25.9 Å². The predicted octanol–water partition coefficient (Wildman–Crippen LogP) is 4.15. The average molecular weight is 562 g/mol. The topological polar surface area (TPSA) is 114 Å². The third kappa shape index (κ3) is 5.10. The van der Waals surface area contributed by atoms with Gasteiger partial charge in [-0.15, -0.1) is 5.10 Å². The van der Waals surface area contributed by atoms with Crippen LogP contribution in [0.3, 0.4) is 0 Å². The van der Waals surface area contributed by atoms with E-state index in [4.69, 9.17) is 4.74 Å². The molecule has 3 atom stereocenters. The summed E-state index contributed by atoms with van der Waals surface area (Å²) in [5.41, 5.74) is -0.854. The third-order valence-electron chi connectivity index (χ3n) is 8.48. The molecule has 3 N–H and O–H groups in total. The molecule has 0 aliphatic heterocycles. The first-order valence-electron chi connectivity index (χ1n) is 13.3. The second-order valence-electron chi connectivity index (χ2n) is 11.8. The summed E-state index contributed by atoms with van der Waals surface area (Å²) in [4.78, 5) is 17.6. The number of nitrogens with one attached hydrogen (secondary N) is 1. The Labute approximate surface area is 230 Å². The molecule has 2 fully saturated rings. The fourth-order valence-corrected chi connectivity index (χ4v) is 6.20. The number of hydrogen-bond acceptors (Lipinski definition) is 6. The van der Waals surface area contributed by atoms with Crippen molar-refractivity contribution in [2.75, 3.05) is 5.32 Å². The van der Waals surface area contributed by atoms with Crippen LogP contribution in [0.5, 0.6) is 5.88 Å². The van der Waals surface area contributed by atoms with Crippen LogP contribution in [0.25, 0.3) is 0 Å². The molecule has 216 valence electrons. The van der Waals surface area contributed by atoms with Gasteiger partial charge in [-0.1, -0.05) is 0 Å². The quantitative estimate of drug-likeness (QED) is 0.374. The number of imidazole rings is 1. The summed E-state index contributed by atoms with van der Waals surface area (Å²) in [6.07, 6.45) is 3.46. The summed E-state index contributed by atoms with van der Waals surface area (Å²) in [5, 5.41) is 28.7. The number of halogens is 3. The van der Waals surface area contributed by atoms with E-state index in [0.717, 1.165) is 12.1 Å². The molecule has 2 unspecified atom stereocenters. The Kier molecular flexibility index (Phi) is 6.98. The van der Waals surface area contributed by atoms with Gasteiger partial charge in [-0.25, -0.2) is 18.2 Å². The molecule has 1 amide bonds. The number of carbonyl (C=O) groups excluding carboxylic acids is 1. The molecule has 0 radical (unpaired) electrons. The number of aromatic nitrogens is 4. The van der Waals surface area contributed by atoms with E-state index in [1.807, 2.05) is 0 Å². The molecule has 9 nitrogen and oxygen atoms in total. The Morgan fingerprint density at radius 1 is 1.15 bits per heavy atom. The molecule has 12 heteroatoms. The standard InChI is InChI=1S/C28H34F3N5O4/c1-14(27(2,3)38)40-22-10-21(36(5)34-22)28(39)11-16-6-15(7-17(16)12-28)24-25(35(4)13-32-24)26(37)33-18-8-19(29)23(31)20(30)9-18/h8-10,13-17,38-39H,6-7,11-12H2,1-5H3,(H,33,37)/t14-,15?,16?,17?,28?/m0/s1. The first kappa shape index (κ1) is 28.2. The smallest absolute Gasteiger partial charge is 0.274 e. The van der Waals surface area contributed by atoms with E-state index >= 15 is 0 Å². The summed E-state index contributed by atoms with van der Waals surface area (Å²) >= 11 is 0. The zero-order chi connectivity index (χ0) is 29.1. The van der Waals surface area contributed by atoms with Gasteiger partial charge in [0.15, 0.2) is 17.5 Å². The maximum Gasteiger partial charge on any atom is 0.274 e. The first-order chi connectivity index (χ1) is 18.7. The van der Waals surface area contributed by atoms with E-state index in [-0.39, 0.29) is 29.1 Å². The van der Waals surface area contributed by atoms with Crippen LogP contribution in [0, 0.1) is 29.3 Å². The van der Waals surface area contributed by atoms with Crippen LogP contribution in [0.2, 0.25) is 0 Å². The number of amides is 1. The van der Waals surface area contributed by atoms with Crippen molar-refractivity contribution >= 4 is 11.6 Å². The average Bonchev–Trinajstić information content (AvgIpc) is 3.58. The van der Waals surface area contributed by atoms with Gasteiger partial charge in [0.2, 0.25) is 5.88 Å². The molecule has 1 aromatic carbocycles. The Hall–Kier alpha value is -3.38. The van der Waals surface area contributed by atoms with Crippen molar-refractivity contribution in [1.82, 2.24) is 19.3 Å². The molecule has 0 bridgehead atoms. The van der Waals surface area contributed by atoms with Crippen molar-refractivity contribution < 1.29 is 32.9 Å². The highest BCUT2D eigenvalue weighted by molar-refractivity contribution is 6.04. The van der Waals surface area contributed by atoms with Gasteiger partial charge in [-0.2, -0.15) is 0 Å². The monoisotopic (exact) mass is 561 g/mol. The molecular weight excluding hydrogens is 527 g/mol. The fourth-order valence-electron chi connectivity index (χ4n) is 6.20. The number of ether oxygens (including phenoxy) is 1. The molecule has 2 aliphatic rings. The minimum Gasteiger partial charge on any atom is -0.471 e. The second kappa shape index (κ2) is 9.91. The lowest BCUT2D eigenvalue weighted by Crippen LogP contribution is -2.38. The summed E-state index contributed by atoms with van der Waals surface area (Å²) in [7, 11) is 3.41. The number of aryl methyl sites for hydroxylation is 2. The van der Waals surface area contributed by atoms with Gasteiger partial charge >= 0.3 is 0 Å². The molecule has 2 saturated carbocycles. The fraction of sp³-hybridized carbons (Fsp3) is 0.536. The summed E-state index contributed by atoms with van der Waals surface area (Å²) in [6, 6.07) is 3.18. The maximum atomic E-state index is 13.7. The largest absolute Gasteiger partial charge is 0.471 e. The zero-order valence-corrected chi connectivity index (χ0v) is 23.1. The van der Waals surface area contributed by atoms with Gasteiger partial charge < -0.3 is 24.8 Å². The van der Waals surface area contributed by atoms with E-state index in [9.17, 15) is 28.2 Å². The third-order valence-corrected chi connectivity index (χ3v) is 8.48. The van der Waals surface area contributed by atoms with Crippen LogP contribution < -0.4 is 10.1 Å². The van der Waals surface area contributed by atoms with E-state index in [0.29, 0.717) is 43.0 Å². The van der Waals surface area contributed by atoms with Crippen LogP contribution in [0.1, 0.15) is 74.2 Å². The van der Waals surface area contributed by atoms with Crippen LogP contribution in [-0.4, -0.2) is 47.2 Å². The number of nitrogens with zero attached hydrogens (tertiary/aromatic N) is 4. The zero-order valence-electron chi connectivity index (χ0n) is 23.1. The highest BCUT2D eigenvalue weighted by Crippen LogP contribution is 2.57. The lowest BCUT2D eigenvalue weighted by molar-refractivity contribution is -0.0262. The molecule has 0 spiro atoms. The Bertz CT molecular complexity index is 1410. The number of hydrogen-bond donors (Lipinski definition) is 3. The number of fused-ring (bicyclic) bond motifs is 1. The van der Waals surface area contributed by atoms with Gasteiger partial charge in [0.1, 0.15) is 17.4 Å². The van der Waals surface area contributed by atoms with Crippen molar-refractivity contribution in [3.05, 3.63) is 59.1 Å². The lowest BCUT2D eigenvalue weighted by atomic mass is 9.90. The van der Waals surface area contributed by atoms with E-state index in [1.54, 1.807) is 50.2 Å². The molecule has 0 saturated heterocycles. The SMILES string of the molecule is C[C@H](Oc1cc(C2(O)CC3CC(c4ncn(C)c4C(=O)Nc4cc(F)c(F)c(F)c4)CC3C2)n(C)n1)C(C)(C)O. The number of benzene rings is 1. The maximum absolute atomic E-state index is 13.7. The highest BCUT2D eigenvalue weighted by atomic mass is 19.2. The first-order valence-corrected chi connectivity index (χ1v) is 13.3. The van der Waals surface area contributed by atoms with Crippen LogP contribution in [0.4, 0.5) is 18.9 Å². The highest BCUT2D eigenvalue weighted by Gasteiger charge is 2.52. The molecular formula is C28H34F3N5O4. The predicted molar refractivity (Wildman–Crippen MR) is 139 cm³/mol. The molecule has 2 aliphatic carbocycles. The number of carbonyl (C=O) groups is 1. The summed E-state index contributed by atoms with van der Waals surface area (Å²) < 4.78 is 49.6. The Morgan fingerprint density at radius 3 is 2.33 bits per heavy atom. The summed E-state index contributed by atoms with van der Waals surface area (Å²) in [6.45, 7) is 5.07. The molecule has 40 heavy (non-hydrogen) atoms. The normalized spacial score (nSPS) is 25.2. The van der Waals surface area contributed by atoms with Gasteiger partial charge in [0.25, 0.3) is 5.91 Å². The van der Waals surface area contributed by atoms with Gasteiger partial charge in [0, 0.05) is 43.9 Å². The van der Waals surface area contributed by atoms with Gasteiger partial charge in [-0.3, -0.25) is 9.48 Å². The molecule has 5 rings (SSSR count). The van der Waals surface area contributed by atoms with Crippen molar-refractivity contribution in [1.29, 1.82) is 0 Å². The van der Waals surface area contributed by atoms with Crippen LogP contribution in [-0.2, 0) is 19.7 Å². The Balaban J connectivity index is 1.29. The van der Waals surface area contributed by atoms with E-state index < -0.39 is 40.7 Å². The van der Waals surface area contributed by atoms with Gasteiger partial charge in [0.05, 0.1) is 23.3 Å². The molecule has 3 aromatic rings. The minimum atomic E-state index is -1.60. The van der Waals surface area contributed by atoms with Crippen molar-refractivity contribution in [3.8, 4) is 5.88 Å². The lowest BCUT2D eigenvalue weighted by Gasteiger charge is -2.25. The Morgan fingerprint density at radius 2 is 1.75 bits per heavy atom. The van der Waals surface area contributed by atoms with E-state index in [2.05, 4.69) is 15.4 Å². The van der Waals surface area contributed by atoms with Crippen LogP contribution in [0.15, 0.2) is 24.5 Å². The summed E-state index contributed by atoms with van der Waals surface area (Å²) in [5.74, 6) is -4.33. The van der Waals surface area contributed by atoms with Crippen LogP contribution >= 0.6 is 0 Å². The number of aliphatic hydroxyl groups is 2. The molecule has 2 heterocycles. The number of anilines is 1. The number of rotatable bonds is 7. The molecule has 2 aromatic heterocycles. The second-order valence-corrected chi connectivity index (χ2v) is 11.8. The van der Waals surface area contributed by atoms with Gasteiger partial charge in [-0.05, 0) is 58.3 Å². The minimum absolute atomic E-state index is 0.0405.